The second kappa shape index (κ2) is 7.55. The lowest BCUT2D eigenvalue weighted by Crippen LogP contribution is -2.42. The molecule has 1 saturated heterocycles. The van der Waals surface area contributed by atoms with Crippen LogP contribution in [0.1, 0.15) is 31.9 Å². The van der Waals surface area contributed by atoms with Gasteiger partial charge in [0.15, 0.2) is 0 Å². The van der Waals surface area contributed by atoms with Crippen LogP contribution in [0.5, 0.6) is 5.88 Å². The van der Waals surface area contributed by atoms with E-state index in [1.54, 1.807) is 6.92 Å². The lowest BCUT2D eigenvalue weighted by atomic mass is 10.1. The van der Waals surface area contributed by atoms with Gasteiger partial charge in [-0.3, -0.25) is 4.79 Å². The molecule has 1 amide bonds. The highest BCUT2D eigenvalue weighted by atomic mass is 19.4. The van der Waals surface area contributed by atoms with Crippen LogP contribution < -0.4 is 10.1 Å². The number of alkyl halides is 5. The Balaban J connectivity index is 1.47. The molecule has 1 spiro atoms. The van der Waals surface area contributed by atoms with E-state index in [0.717, 1.165) is 19.2 Å². The Hall–Kier alpha value is -2.99. The molecule has 13 heteroatoms. The molecule has 2 fully saturated rings. The van der Waals surface area contributed by atoms with E-state index in [9.17, 15) is 26.7 Å². The minimum Gasteiger partial charge on any atom is -0.480 e. The van der Waals surface area contributed by atoms with E-state index in [0.29, 0.717) is 6.42 Å². The Kier molecular flexibility index (Phi) is 5.24. The largest absolute Gasteiger partial charge is 0.480 e. The van der Waals surface area contributed by atoms with Gasteiger partial charge in [0.1, 0.15) is 17.3 Å². The van der Waals surface area contributed by atoms with Crippen molar-refractivity contribution in [1.29, 1.82) is 0 Å². The summed E-state index contributed by atoms with van der Waals surface area (Å²) < 4.78 is 76.2. The molecule has 0 aromatic carbocycles. The minimum absolute atomic E-state index is 0.000515. The zero-order chi connectivity index (χ0) is 23.3. The van der Waals surface area contributed by atoms with Gasteiger partial charge in [0.05, 0.1) is 12.5 Å². The van der Waals surface area contributed by atoms with E-state index < -0.39 is 29.2 Å². The zero-order valence-corrected chi connectivity index (χ0v) is 17.2. The fraction of sp³-hybridized carbons (Fsp3) is 0.579. The number of likely N-dealkylation sites (tertiary alicyclic amines) is 1. The van der Waals surface area contributed by atoms with Gasteiger partial charge in [0.25, 0.3) is 11.8 Å². The van der Waals surface area contributed by atoms with Crippen LogP contribution >= 0.6 is 0 Å². The van der Waals surface area contributed by atoms with Gasteiger partial charge in [-0.05, 0) is 25.0 Å². The first kappa shape index (κ1) is 22.2. The average Bonchev–Trinajstić information content (AvgIpc) is 3.14. The Morgan fingerprint density at radius 2 is 2.06 bits per heavy atom. The molecule has 1 N–H and O–H groups in total. The molecular formula is C19H20F5N5O3. The number of nitrogens with zero attached hydrogens (tertiary/aromatic N) is 4. The Morgan fingerprint density at radius 3 is 2.62 bits per heavy atom. The van der Waals surface area contributed by atoms with Crippen LogP contribution in [0.25, 0.3) is 11.5 Å². The number of hydrogen-bond acceptors (Lipinski definition) is 7. The molecule has 2 atom stereocenters. The molecule has 3 heterocycles. The van der Waals surface area contributed by atoms with Crippen LogP contribution in [0.4, 0.5) is 28.0 Å². The van der Waals surface area contributed by atoms with Gasteiger partial charge in [-0.2, -0.15) is 13.2 Å². The third-order valence-electron chi connectivity index (χ3n) is 5.88. The SMILES string of the molecule is CC[C@H](Nc1nnc(-c2ccc(C(F)(F)F)nc2OC)o1)C(=O)N1CC[C@@]2(C1)CC2(F)F. The van der Waals surface area contributed by atoms with Crippen molar-refractivity contribution in [1.82, 2.24) is 20.1 Å². The molecule has 1 saturated carbocycles. The summed E-state index contributed by atoms with van der Waals surface area (Å²) in [5.74, 6) is -3.61. The van der Waals surface area contributed by atoms with E-state index in [2.05, 4.69) is 20.5 Å². The maximum absolute atomic E-state index is 13.6. The molecule has 2 aromatic heterocycles. The smallest absolute Gasteiger partial charge is 0.433 e. The number of halogens is 5. The number of hydrogen-bond donors (Lipinski definition) is 1. The molecule has 0 unspecified atom stereocenters. The maximum Gasteiger partial charge on any atom is 0.433 e. The molecule has 2 aromatic rings. The van der Waals surface area contributed by atoms with Crippen LogP contribution in [0.2, 0.25) is 0 Å². The van der Waals surface area contributed by atoms with Gasteiger partial charge >= 0.3 is 12.2 Å². The fourth-order valence-electron chi connectivity index (χ4n) is 3.90. The maximum atomic E-state index is 13.6. The molecule has 1 aliphatic carbocycles. The summed E-state index contributed by atoms with van der Waals surface area (Å²) in [6.07, 6.45) is -4.28. The van der Waals surface area contributed by atoms with Crippen molar-refractivity contribution < 1.29 is 35.9 Å². The van der Waals surface area contributed by atoms with Crippen LogP contribution in [0.15, 0.2) is 16.5 Å². The monoisotopic (exact) mass is 461 g/mol. The van der Waals surface area contributed by atoms with Crippen molar-refractivity contribution in [2.75, 3.05) is 25.5 Å². The number of aromatic nitrogens is 3. The van der Waals surface area contributed by atoms with Crippen molar-refractivity contribution in [2.45, 2.75) is 44.3 Å². The molecule has 32 heavy (non-hydrogen) atoms. The third-order valence-corrected chi connectivity index (χ3v) is 5.88. The molecule has 4 rings (SSSR count). The van der Waals surface area contributed by atoms with Crippen molar-refractivity contribution in [3.05, 3.63) is 17.8 Å². The standard InChI is InChI=1S/C19H20F5N5O3/c1-3-11(15(30)29-7-6-17(9-29)8-18(17,20)21)25-16-28-27-14(32-16)10-4-5-12(19(22,23)24)26-13(10)31-2/h4-5,11H,3,6-9H2,1-2H3,(H,25,28)/t11-,17-/m0/s1. The number of rotatable bonds is 6. The van der Waals surface area contributed by atoms with Gasteiger partial charge in [-0.25, -0.2) is 13.8 Å². The van der Waals surface area contributed by atoms with Gasteiger partial charge in [-0.1, -0.05) is 12.0 Å². The number of ether oxygens (including phenoxy) is 1. The van der Waals surface area contributed by atoms with Gasteiger partial charge < -0.3 is 19.4 Å². The van der Waals surface area contributed by atoms with Crippen molar-refractivity contribution >= 4 is 11.9 Å². The van der Waals surface area contributed by atoms with Crippen LogP contribution in [0, 0.1) is 5.41 Å². The number of amides is 1. The average molecular weight is 461 g/mol. The van der Waals surface area contributed by atoms with E-state index in [4.69, 9.17) is 9.15 Å². The van der Waals surface area contributed by atoms with Crippen LogP contribution in [-0.4, -0.2) is 58.2 Å². The van der Waals surface area contributed by atoms with Crippen molar-refractivity contribution in [2.24, 2.45) is 5.41 Å². The first-order chi connectivity index (χ1) is 15.0. The highest BCUT2D eigenvalue weighted by Gasteiger charge is 2.73. The third kappa shape index (κ3) is 3.84. The summed E-state index contributed by atoms with van der Waals surface area (Å²) in [4.78, 5) is 17.6. The number of carbonyl (C=O) groups excluding carboxylic acids is 1. The highest BCUT2D eigenvalue weighted by Crippen LogP contribution is 2.65. The number of methoxy groups -OCH3 is 1. The van der Waals surface area contributed by atoms with Gasteiger partial charge in [0.2, 0.25) is 11.8 Å². The van der Waals surface area contributed by atoms with E-state index >= 15 is 0 Å². The number of carbonyl (C=O) groups is 1. The number of pyridine rings is 1. The summed E-state index contributed by atoms with van der Waals surface area (Å²) in [5.41, 5.74) is -2.21. The summed E-state index contributed by atoms with van der Waals surface area (Å²) in [6, 6.07) is 0.907. The van der Waals surface area contributed by atoms with Crippen molar-refractivity contribution in [3.63, 3.8) is 0 Å². The Bertz CT molecular complexity index is 1030. The lowest BCUT2D eigenvalue weighted by Gasteiger charge is -2.22. The predicted octanol–water partition coefficient (Wildman–Crippen LogP) is 3.61. The lowest BCUT2D eigenvalue weighted by molar-refractivity contribution is -0.141. The fourth-order valence-corrected chi connectivity index (χ4v) is 3.90. The molecule has 8 nitrogen and oxygen atoms in total. The number of nitrogens with one attached hydrogen (secondary N) is 1. The second-order valence-corrected chi connectivity index (χ2v) is 7.94. The number of anilines is 1. The topological polar surface area (TPSA) is 93.4 Å². The summed E-state index contributed by atoms with van der Waals surface area (Å²) in [6.45, 7) is 1.98. The van der Waals surface area contributed by atoms with Crippen LogP contribution in [0.3, 0.4) is 0 Å². The summed E-state index contributed by atoms with van der Waals surface area (Å²) >= 11 is 0. The van der Waals surface area contributed by atoms with E-state index in [1.807, 2.05) is 0 Å². The summed E-state index contributed by atoms with van der Waals surface area (Å²) in [7, 11) is 1.15. The molecule has 1 aliphatic heterocycles. The predicted molar refractivity (Wildman–Crippen MR) is 100.0 cm³/mol. The highest BCUT2D eigenvalue weighted by molar-refractivity contribution is 5.84. The first-order valence-electron chi connectivity index (χ1n) is 9.89. The van der Waals surface area contributed by atoms with E-state index in [1.165, 1.54) is 4.90 Å². The molecule has 2 aliphatic rings. The normalized spacial score (nSPS) is 22.8. The molecular weight excluding hydrogens is 441 g/mol. The van der Waals surface area contributed by atoms with Gasteiger partial charge in [0, 0.05) is 19.5 Å². The van der Waals surface area contributed by atoms with E-state index in [-0.39, 0.29) is 55.2 Å². The Morgan fingerprint density at radius 1 is 1.34 bits per heavy atom. The Labute approximate surface area is 179 Å². The molecule has 174 valence electrons. The second-order valence-electron chi connectivity index (χ2n) is 7.94. The van der Waals surface area contributed by atoms with Crippen LogP contribution in [-0.2, 0) is 11.0 Å². The zero-order valence-electron chi connectivity index (χ0n) is 17.2. The molecule has 0 bridgehead atoms. The quantitative estimate of drug-likeness (QED) is 0.657. The molecule has 0 radical (unpaired) electrons. The summed E-state index contributed by atoms with van der Waals surface area (Å²) in [5, 5.41) is 10.3. The van der Waals surface area contributed by atoms with Gasteiger partial charge in [-0.15, -0.1) is 5.10 Å². The van der Waals surface area contributed by atoms with Crippen molar-refractivity contribution in [3.8, 4) is 17.3 Å². The minimum atomic E-state index is -4.65. The first-order valence-corrected chi connectivity index (χ1v) is 9.89.